The topological polar surface area (TPSA) is 34.1 Å². The van der Waals surface area contributed by atoms with Crippen LogP contribution in [0.25, 0.3) is 11.1 Å². The van der Waals surface area contributed by atoms with Gasteiger partial charge >= 0.3 is 0 Å². The number of hydrogen-bond donors (Lipinski definition) is 0. The van der Waals surface area contributed by atoms with Crippen molar-refractivity contribution < 1.29 is 18.4 Å². The van der Waals surface area contributed by atoms with Gasteiger partial charge in [-0.05, 0) is 72.3 Å². The number of rotatable bonds is 5. The van der Waals surface area contributed by atoms with Gasteiger partial charge in [0.15, 0.2) is 11.6 Å². The number of thioether (sulfide) groups is 2. The Balaban J connectivity index is 2.27. The smallest absolute Gasteiger partial charge is 0.219 e. The Labute approximate surface area is 159 Å². The fraction of sp³-hybridized carbons (Fsp3) is 0.100. The lowest BCUT2D eigenvalue weighted by Crippen LogP contribution is -1.97. The van der Waals surface area contributed by atoms with Crippen molar-refractivity contribution in [1.82, 2.24) is 0 Å². The third-order valence-corrected chi connectivity index (χ3v) is 5.43. The number of hydrogen-bond acceptors (Lipinski definition) is 4. The lowest BCUT2D eigenvalue weighted by atomic mass is 10.1. The molecule has 0 bridgehead atoms. The summed E-state index contributed by atoms with van der Waals surface area (Å²) in [6.07, 6.45) is 0. The zero-order chi connectivity index (χ0) is 19.4. The van der Waals surface area contributed by atoms with Crippen molar-refractivity contribution in [3.05, 3.63) is 72.3 Å². The van der Waals surface area contributed by atoms with E-state index in [9.17, 15) is 18.4 Å². The quantitative estimate of drug-likeness (QED) is 0.462. The summed E-state index contributed by atoms with van der Waals surface area (Å²) < 4.78 is 28.7. The minimum atomic E-state index is -1.07. The summed E-state index contributed by atoms with van der Waals surface area (Å²) in [7, 11) is 0. The van der Waals surface area contributed by atoms with Crippen LogP contribution in [0.15, 0.2) is 70.5 Å². The summed E-state index contributed by atoms with van der Waals surface area (Å²) in [5.74, 6) is -2.10. The van der Waals surface area contributed by atoms with Crippen molar-refractivity contribution in [2.45, 2.75) is 23.6 Å². The van der Waals surface area contributed by atoms with Crippen molar-refractivity contribution >= 4 is 33.8 Å². The standard InChI is InChI=1S/C20H16F2O2S2/c1-11(2)19(23)25-14-7-5-13(6-8-14)15-9-10-16(18(22)17(15)21)26-20(24)12(3)4/h5-10H,1,3H2,2,4H3. The summed E-state index contributed by atoms with van der Waals surface area (Å²) in [6.45, 7) is 10.2. The van der Waals surface area contributed by atoms with Crippen LogP contribution in [-0.4, -0.2) is 10.2 Å². The predicted octanol–water partition coefficient (Wildman–Crippen LogP) is 6.02. The molecule has 2 aromatic rings. The van der Waals surface area contributed by atoms with E-state index in [-0.39, 0.29) is 21.1 Å². The molecular formula is C20H16F2O2S2. The largest absolute Gasteiger partial charge is 0.282 e. The molecule has 0 aliphatic carbocycles. The molecule has 0 N–H and O–H groups in total. The van der Waals surface area contributed by atoms with Gasteiger partial charge in [0.05, 0.1) is 4.90 Å². The van der Waals surface area contributed by atoms with Gasteiger partial charge in [-0.1, -0.05) is 31.4 Å². The number of benzene rings is 2. The molecule has 0 saturated carbocycles. The van der Waals surface area contributed by atoms with E-state index < -0.39 is 16.7 Å². The summed E-state index contributed by atoms with van der Waals surface area (Å²) in [4.78, 5) is 23.9. The third kappa shape index (κ3) is 4.71. The SMILES string of the molecule is C=C(C)C(=O)Sc1ccc(-c2ccc(SC(=O)C(=C)C)c(F)c2F)cc1. The van der Waals surface area contributed by atoms with E-state index in [0.29, 0.717) is 27.8 Å². The number of carbonyl (C=O) groups is 2. The van der Waals surface area contributed by atoms with Crippen molar-refractivity contribution in [3.63, 3.8) is 0 Å². The Morgan fingerprint density at radius 1 is 0.808 bits per heavy atom. The Morgan fingerprint density at radius 3 is 1.88 bits per heavy atom. The van der Waals surface area contributed by atoms with Crippen LogP contribution >= 0.6 is 23.5 Å². The number of halogens is 2. The van der Waals surface area contributed by atoms with Crippen molar-refractivity contribution in [2.75, 3.05) is 0 Å². The molecule has 0 aromatic heterocycles. The average Bonchev–Trinajstić information content (AvgIpc) is 2.59. The van der Waals surface area contributed by atoms with Gasteiger partial charge in [-0.15, -0.1) is 0 Å². The van der Waals surface area contributed by atoms with Gasteiger partial charge in [-0.3, -0.25) is 9.59 Å². The van der Waals surface area contributed by atoms with E-state index in [1.54, 1.807) is 31.2 Å². The summed E-state index contributed by atoms with van der Waals surface area (Å²) in [5.41, 5.74) is 1.24. The van der Waals surface area contributed by atoms with E-state index in [1.807, 2.05) is 0 Å². The van der Waals surface area contributed by atoms with E-state index in [1.165, 1.54) is 19.1 Å². The molecule has 2 aromatic carbocycles. The van der Waals surface area contributed by atoms with E-state index in [2.05, 4.69) is 13.2 Å². The van der Waals surface area contributed by atoms with Crippen LogP contribution in [0.1, 0.15) is 13.8 Å². The molecule has 6 heteroatoms. The second-order valence-corrected chi connectivity index (χ2v) is 7.66. The first-order valence-corrected chi connectivity index (χ1v) is 9.17. The third-order valence-electron chi connectivity index (χ3n) is 3.32. The van der Waals surface area contributed by atoms with Crippen LogP contribution in [-0.2, 0) is 9.59 Å². The Morgan fingerprint density at radius 2 is 1.35 bits per heavy atom. The normalized spacial score (nSPS) is 10.5. The second-order valence-electron chi connectivity index (χ2n) is 5.60. The summed E-state index contributed by atoms with van der Waals surface area (Å²) in [6, 6.07) is 9.33. The fourth-order valence-electron chi connectivity index (χ4n) is 1.92. The first-order chi connectivity index (χ1) is 12.2. The second kappa shape index (κ2) is 8.47. The molecular weight excluding hydrogens is 374 g/mol. The van der Waals surface area contributed by atoms with Gasteiger partial charge in [0.2, 0.25) is 10.2 Å². The van der Waals surface area contributed by atoms with Gasteiger partial charge in [-0.2, -0.15) is 0 Å². The lowest BCUT2D eigenvalue weighted by molar-refractivity contribution is -0.108. The maximum atomic E-state index is 14.4. The molecule has 0 radical (unpaired) electrons. The van der Waals surface area contributed by atoms with Crippen LogP contribution in [0.2, 0.25) is 0 Å². The van der Waals surface area contributed by atoms with Gasteiger partial charge in [0, 0.05) is 10.5 Å². The molecule has 2 rings (SSSR count). The van der Waals surface area contributed by atoms with Gasteiger partial charge < -0.3 is 0 Å². The van der Waals surface area contributed by atoms with Crippen LogP contribution < -0.4 is 0 Å². The molecule has 134 valence electrons. The van der Waals surface area contributed by atoms with E-state index >= 15 is 0 Å². The summed E-state index contributed by atoms with van der Waals surface area (Å²) in [5, 5.41) is -0.571. The number of carbonyl (C=O) groups excluding carboxylic acids is 2. The zero-order valence-electron chi connectivity index (χ0n) is 14.3. The highest BCUT2D eigenvalue weighted by Gasteiger charge is 2.18. The van der Waals surface area contributed by atoms with Crippen molar-refractivity contribution in [1.29, 1.82) is 0 Å². The molecule has 0 spiro atoms. The first kappa shape index (κ1) is 20.1. The average molecular weight is 390 g/mol. The predicted molar refractivity (Wildman–Crippen MR) is 103 cm³/mol. The molecule has 0 heterocycles. The van der Waals surface area contributed by atoms with Crippen LogP contribution in [0.4, 0.5) is 8.78 Å². The molecule has 0 saturated heterocycles. The Hall–Kier alpha value is -2.18. The lowest BCUT2D eigenvalue weighted by Gasteiger charge is -2.09. The zero-order valence-corrected chi connectivity index (χ0v) is 15.9. The fourth-order valence-corrected chi connectivity index (χ4v) is 3.27. The molecule has 0 unspecified atom stereocenters. The monoisotopic (exact) mass is 390 g/mol. The molecule has 0 aliphatic heterocycles. The minimum Gasteiger partial charge on any atom is -0.282 e. The molecule has 0 amide bonds. The highest BCUT2D eigenvalue weighted by molar-refractivity contribution is 8.14. The van der Waals surface area contributed by atoms with Crippen LogP contribution in [0, 0.1) is 11.6 Å². The van der Waals surface area contributed by atoms with Crippen LogP contribution in [0.5, 0.6) is 0 Å². The molecule has 26 heavy (non-hydrogen) atoms. The molecule has 2 nitrogen and oxygen atoms in total. The maximum absolute atomic E-state index is 14.4. The van der Waals surface area contributed by atoms with E-state index in [4.69, 9.17) is 0 Å². The Kier molecular flexibility index (Phi) is 6.56. The van der Waals surface area contributed by atoms with Gasteiger partial charge in [0.25, 0.3) is 0 Å². The van der Waals surface area contributed by atoms with Crippen molar-refractivity contribution in [3.8, 4) is 11.1 Å². The Bertz CT molecular complexity index is 903. The van der Waals surface area contributed by atoms with Crippen molar-refractivity contribution in [2.24, 2.45) is 0 Å². The van der Waals surface area contributed by atoms with Gasteiger partial charge in [0.1, 0.15) is 0 Å². The van der Waals surface area contributed by atoms with Crippen LogP contribution in [0.3, 0.4) is 0 Å². The van der Waals surface area contributed by atoms with E-state index in [0.717, 1.165) is 11.8 Å². The molecule has 0 aliphatic rings. The highest BCUT2D eigenvalue weighted by Crippen LogP contribution is 2.33. The molecule has 0 fully saturated rings. The summed E-state index contributed by atoms with van der Waals surface area (Å²) >= 11 is 1.63. The van der Waals surface area contributed by atoms with Gasteiger partial charge in [-0.25, -0.2) is 8.78 Å². The maximum Gasteiger partial charge on any atom is 0.219 e. The highest BCUT2D eigenvalue weighted by atomic mass is 32.2. The first-order valence-electron chi connectivity index (χ1n) is 7.54. The molecule has 0 atom stereocenters. The minimum absolute atomic E-state index is 0.0809.